The van der Waals surface area contributed by atoms with Crippen LogP contribution in [0, 0.1) is 19.8 Å². The number of rotatable bonds is 5. The highest BCUT2D eigenvalue weighted by Crippen LogP contribution is 2.19. The number of hydrogen-bond donors (Lipinski definition) is 0. The molecule has 130 valence electrons. The third kappa shape index (κ3) is 3.84. The number of aromatic nitrogens is 4. The van der Waals surface area contributed by atoms with Crippen LogP contribution in [-0.4, -0.2) is 25.5 Å². The maximum absolute atomic E-state index is 12.7. The minimum atomic E-state index is 0.0703. The summed E-state index contributed by atoms with van der Waals surface area (Å²) in [5.41, 5.74) is 2.73. The molecular formula is C19H23N5O. The fourth-order valence-corrected chi connectivity index (χ4v) is 2.81. The molecule has 0 aliphatic heterocycles. The van der Waals surface area contributed by atoms with Gasteiger partial charge in [0, 0.05) is 23.5 Å². The number of carbonyl (C=O) groups is 1. The number of benzene rings is 1. The van der Waals surface area contributed by atoms with Gasteiger partial charge in [-0.3, -0.25) is 4.79 Å². The summed E-state index contributed by atoms with van der Waals surface area (Å²) in [6.07, 6.45) is 0.485. The Hall–Kier alpha value is -2.76. The Balaban J connectivity index is 1.95. The SMILES string of the molecule is Cc1cc(C)n2nc(CN(C(=O)CC(C)C)c3ccccc3)nc2n1. The van der Waals surface area contributed by atoms with E-state index < -0.39 is 0 Å². The molecule has 0 aliphatic carbocycles. The highest BCUT2D eigenvalue weighted by atomic mass is 16.2. The van der Waals surface area contributed by atoms with Gasteiger partial charge >= 0.3 is 0 Å². The van der Waals surface area contributed by atoms with Crippen molar-refractivity contribution in [1.29, 1.82) is 0 Å². The smallest absolute Gasteiger partial charge is 0.252 e. The summed E-state index contributed by atoms with van der Waals surface area (Å²) >= 11 is 0. The van der Waals surface area contributed by atoms with Crippen LogP contribution in [0.5, 0.6) is 0 Å². The second kappa shape index (κ2) is 7.01. The lowest BCUT2D eigenvalue weighted by molar-refractivity contribution is -0.119. The van der Waals surface area contributed by atoms with Crippen LogP contribution in [0.2, 0.25) is 0 Å². The van der Waals surface area contributed by atoms with Crippen LogP contribution in [0.1, 0.15) is 37.5 Å². The summed E-state index contributed by atoms with van der Waals surface area (Å²) in [5.74, 6) is 1.51. The Bertz CT molecular complexity index is 885. The minimum Gasteiger partial charge on any atom is -0.305 e. The van der Waals surface area contributed by atoms with Crippen LogP contribution in [0.4, 0.5) is 5.69 Å². The monoisotopic (exact) mass is 337 g/mol. The molecule has 25 heavy (non-hydrogen) atoms. The number of hydrogen-bond acceptors (Lipinski definition) is 4. The zero-order valence-electron chi connectivity index (χ0n) is 15.1. The van der Waals surface area contributed by atoms with Gasteiger partial charge in [0.1, 0.15) is 0 Å². The van der Waals surface area contributed by atoms with E-state index in [0.29, 0.717) is 30.5 Å². The highest BCUT2D eigenvalue weighted by molar-refractivity contribution is 5.93. The molecule has 0 spiro atoms. The molecule has 1 amide bonds. The van der Waals surface area contributed by atoms with Gasteiger partial charge in [0.2, 0.25) is 5.91 Å². The Morgan fingerprint density at radius 2 is 1.88 bits per heavy atom. The van der Waals surface area contributed by atoms with Crippen LogP contribution < -0.4 is 4.90 Å². The van der Waals surface area contributed by atoms with Gasteiger partial charge in [-0.05, 0) is 38.0 Å². The largest absolute Gasteiger partial charge is 0.305 e. The second-order valence-electron chi connectivity index (χ2n) is 6.69. The van der Waals surface area contributed by atoms with Crippen LogP contribution in [-0.2, 0) is 11.3 Å². The third-order valence-corrected chi connectivity index (χ3v) is 3.91. The van der Waals surface area contributed by atoms with E-state index in [9.17, 15) is 4.79 Å². The van der Waals surface area contributed by atoms with Gasteiger partial charge in [-0.2, -0.15) is 4.98 Å². The molecule has 0 atom stereocenters. The first-order valence-corrected chi connectivity index (χ1v) is 8.49. The van der Waals surface area contributed by atoms with Crippen molar-refractivity contribution in [2.75, 3.05) is 4.90 Å². The Labute approximate surface area is 147 Å². The van der Waals surface area contributed by atoms with E-state index >= 15 is 0 Å². The minimum absolute atomic E-state index is 0.0703. The predicted octanol–water partition coefficient (Wildman–Crippen LogP) is 3.32. The molecule has 0 N–H and O–H groups in total. The van der Waals surface area contributed by atoms with Gasteiger partial charge < -0.3 is 4.90 Å². The van der Waals surface area contributed by atoms with Crippen molar-refractivity contribution in [3.05, 3.63) is 53.6 Å². The lowest BCUT2D eigenvalue weighted by atomic mass is 10.1. The first-order chi connectivity index (χ1) is 11.9. The quantitative estimate of drug-likeness (QED) is 0.716. The molecule has 1 aromatic carbocycles. The van der Waals surface area contributed by atoms with Crippen LogP contribution in [0.15, 0.2) is 36.4 Å². The second-order valence-corrected chi connectivity index (χ2v) is 6.69. The summed E-state index contributed by atoms with van der Waals surface area (Å²) in [7, 11) is 0. The molecular weight excluding hydrogens is 314 g/mol. The van der Waals surface area contributed by atoms with E-state index in [1.807, 2.05) is 64.1 Å². The molecule has 6 heteroatoms. The number of carbonyl (C=O) groups excluding carboxylic acids is 1. The summed E-state index contributed by atoms with van der Waals surface area (Å²) in [5, 5.41) is 4.53. The molecule has 0 aliphatic rings. The molecule has 6 nitrogen and oxygen atoms in total. The molecule has 0 bridgehead atoms. The van der Waals surface area contributed by atoms with Crippen LogP contribution in [0.3, 0.4) is 0 Å². The van der Waals surface area contributed by atoms with Gasteiger partial charge in [0.05, 0.1) is 6.54 Å². The molecule has 3 rings (SSSR count). The van der Waals surface area contributed by atoms with Crippen LogP contribution >= 0.6 is 0 Å². The van der Waals surface area contributed by atoms with Crippen molar-refractivity contribution in [3.8, 4) is 0 Å². The third-order valence-electron chi connectivity index (χ3n) is 3.91. The van der Waals surface area contributed by atoms with Crippen molar-refractivity contribution in [2.24, 2.45) is 5.92 Å². The van der Waals surface area contributed by atoms with E-state index in [1.165, 1.54) is 0 Å². The summed E-state index contributed by atoms with van der Waals surface area (Å²) in [6.45, 7) is 8.32. The van der Waals surface area contributed by atoms with Crippen molar-refractivity contribution >= 4 is 17.4 Å². The summed E-state index contributed by atoms with van der Waals surface area (Å²) in [4.78, 5) is 23.4. The Morgan fingerprint density at radius 1 is 1.16 bits per heavy atom. The van der Waals surface area contributed by atoms with Gasteiger partial charge in [0.15, 0.2) is 5.82 Å². The van der Waals surface area contributed by atoms with E-state index in [1.54, 1.807) is 9.42 Å². The molecule has 0 saturated carbocycles. The first kappa shape index (κ1) is 17.1. The Kier molecular flexibility index (Phi) is 4.79. The van der Waals surface area contributed by atoms with E-state index in [-0.39, 0.29) is 5.91 Å². The fourth-order valence-electron chi connectivity index (χ4n) is 2.81. The summed E-state index contributed by atoms with van der Waals surface area (Å²) < 4.78 is 1.72. The van der Waals surface area contributed by atoms with Gasteiger partial charge in [-0.1, -0.05) is 32.0 Å². The zero-order valence-corrected chi connectivity index (χ0v) is 15.1. The molecule has 2 heterocycles. The summed E-state index contributed by atoms with van der Waals surface area (Å²) in [6, 6.07) is 11.6. The molecule has 0 unspecified atom stereocenters. The molecule has 0 fully saturated rings. The molecule has 0 saturated heterocycles. The fraction of sp³-hybridized carbons (Fsp3) is 0.368. The first-order valence-electron chi connectivity index (χ1n) is 8.49. The number of aryl methyl sites for hydroxylation is 2. The highest BCUT2D eigenvalue weighted by Gasteiger charge is 2.20. The van der Waals surface area contributed by atoms with Crippen molar-refractivity contribution < 1.29 is 4.79 Å². The lowest BCUT2D eigenvalue weighted by Gasteiger charge is -2.22. The van der Waals surface area contributed by atoms with Crippen molar-refractivity contribution in [3.63, 3.8) is 0 Å². The van der Waals surface area contributed by atoms with E-state index in [2.05, 4.69) is 15.1 Å². The number of anilines is 1. The molecule has 2 aromatic heterocycles. The van der Waals surface area contributed by atoms with Crippen molar-refractivity contribution in [1.82, 2.24) is 19.6 Å². The van der Waals surface area contributed by atoms with Gasteiger partial charge in [-0.25, -0.2) is 9.50 Å². The number of fused-ring (bicyclic) bond motifs is 1. The zero-order chi connectivity index (χ0) is 18.0. The standard InChI is InChI=1S/C19H23N5O/c1-13(2)10-18(25)23(16-8-6-5-7-9-16)12-17-21-19-20-14(3)11-15(4)24(19)22-17/h5-9,11,13H,10,12H2,1-4H3. The van der Waals surface area contributed by atoms with E-state index in [0.717, 1.165) is 17.1 Å². The predicted molar refractivity (Wildman–Crippen MR) is 97.3 cm³/mol. The molecule has 0 radical (unpaired) electrons. The topological polar surface area (TPSA) is 63.4 Å². The normalized spacial score (nSPS) is 11.2. The average molecular weight is 337 g/mol. The Morgan fingerprint density at radius 3 is 2.56 bits per heavy atom. The van der Waals surface area contributed by atoms with Gasteiger partial charge in [-0.15, -0.1) is 5.10 Å². The number of para-hydroxylation sites is 1. The average Bonchev–Trinajstić information content (AvgIpc) is 2.95. The van der Waals surface area contributed by atoms with E-state index in [4.69, 9.17) is 0 Å². The maximum atomic E-state index is 12.7. The number of amides is 1. The van der Waals surface area contributed by atoms with Crippen LogP contribution in [0.25, 0.3) is 5.78 Å². The molecule has 3 aromatic rings. The van der Waals surface area contributed by atoms with Crippen molar-refractivity contribution in [2.45, 2.75) is 40.7 Å². The maximum Gasteiger partial charge on any atom is 0.252 e. The lowest BCUT2D eigenvalue weighted by Crippen LogP contribution is -2.31. The van der Waals surface area contributed by atoms with Gasteiger partial charge in [0.25, 0.3) is 5.78 Å². The number of nitrogens with zero attached hydrogens (tertiary/aromatic N) is 5.